The van der Waals surface area contributed by atoms with Crippen LogP contribution in [0.4, 0.5) is 5.82 Å². The van der Waals surface area contributed by atoms with Crippen LogP contribution in [-0.4, -0.2) is 21.6 Å². The third kappa shape index (κ3) is 2.62. The zero-order valence-electron chi connectivity index (χ0n) is 11.3. The fourth-order valence-corrected chi connectivity index (χ4v) is 2.66. The molecule has 106 valence electrons. The Labute approximate surface area is 130 Å². The monoisotopic (exact) mass is 344 g/mol. The third-order valence-corrected chi connectivity index (χ3v) is 3.75. The summed E-state index contributed by atoms with van der Waals surface area (Å²) in [5.74, 6) is 1.27. The Kier molecular flexibility index (Phi) is 3.62. The van der Waals surface area contributed by atoms with E-state index in [1.54, 1.807) is 25.8 Å². The number of nitrogen functional groups attached to an aromatic ring is 1. The van der Waals surface area contributed by atoms with Crippen LogP contribution >= 0.6 is 15.9 Å². The number of methoxy groups -OCH3 is 1. The van der Waals surface area contributed by atoms with Gasteiger partial charge in [0.1, 0.15) is 11.6 Å². The van der Waals surface area contributed by atoms with E-state index in [2.05, 4.69) is 25.9 Å². The number of anilines is 1. The molecular formula is C15H13BrN4O. The van der Waals surface area contributed by atoms with Gasteiger partial charge in [-0.3, -0.25) is 4.57 Å². The Hall–Kier alpha value is -2.34. The molecule has 0 aliphatic rings. The lowest BCUT2D eigenvalue weighted by molar-refractivity contribution is 0.412. The van der Waals surface area contributed by atoms with Gasteiger partial charge in [-0.2, -0.15) is 0 Å². The number of hydrogen-bond acceptors (Lipinski definition) is 4. The number of halogens is 1. The van der Waals surface area contributed by atoms with Gasteiger partial charge in [0, 0.05) is 17.4 Å². The lowest BCUT2D eigenvalue weighted by Crippen LogP contribution is -1.97. The van der Waals surface area contributed by atoms with Gasteiger partial charge in [-0.15, -0.1) is 0 Å². The number of nitrogens with zero attached hydrogens (tertiary/aromatic N) is 3. The normalized spacial score (nSPS) is 10.6. The lowest BCUT2D eigenvalue weighted by atomic mass is 10.2. The van der Waals surface area contributed by atoms with E-state index in [0.717, 1.165) is 27.2 Å². The summed E-state index contributed by atoms with van der Waals surface area (Å²) < 4.78 is 8.12. The van der Waals surface area contributed by atoms with Crippen molar-refractivity contribution in [2.75, 3.05) is 12.8 Å². The number of nitrogens with two attached hydrogens (primary N) is 1. The summed E-state index contributed by atoms with van der Waals surface area (Å²) in [7, 11) is 1.64. The van der Waals surface area contributed by atoms with Crippen LogP contribution in [0.3, 0.4) is 0 Å². The molecule has 2 N–H and O–H groups in total. The Morgan fingerprint density at radius 1 is 1.24 bits per heavy atom. The molecule has 0 aliphatic carbocycles. The van der Waals surface area contributed by atoms with Crippen LogP contribution in [0, 0.1) is 0 Å². The van der Waals surface area contributed by atoms with Crippen molar-refractivity contribution in [3.05, 3.63) is 53.5 Å². The largest absolute Gasteiger partial charge is 0.496 e. The van der Waals surface area contributed by atoms with Crippen molar-refractivity contribution in [2.24, 2.45) is 0 Å². The molecule has 2 heterocycles. The van der Waals surface area contributed by atoms with Gasteiger partial charge in [0.15, 0.2) is 0 Å². The number of hydrogen-bond donors (Lipinski definition) is 1. The molecule has 0 bridgehead atoms. The van der Waals surface area contributed by atoms with Crippen molar-refractivity contribution in [1.29, 1.82) is 0 Å². The molecule has 3 aromatic rings. The number of ether oxygens (including phenoxy) is 1. The maximum atomic E-state index is 5.75. The topological polar surface area (TPSA) is 66.0 Å². The zero-order chi connectivity index (χ0) is 14.8. The summed E-state index contributed by atoms with van der Waals surface area (Å²) in [5, 5.41) is 0. The Balaban J connectivity index is 2.09. The summed E-state index contributed by atoms with van der Waals surface area (Å²) in [5.41, 5.74) is 8.64. The maximum Gasteiger partial charge on any atom is 0.133 e. The standard InChI is InChI=1S/C15H13BrN4O/c1-21-14-3-2-11(7-12(14)16)20-9-18-8-13(20)10-4-5-19-15(17)6-10/h2-9H,1H3,(H2,17,19). The third-order valence-electron chi connectivity index (χ3n) is 3.13. The zero-order valence-corrected chi connectivity index (χ0v) is 12.9. The van der Waals surface area contributed by atoms with Crippen molar-refractivity contribution in [3.8, 4) is 22.7 Å². The average Bonchev–Trinajstić information content (AvgIpc) is 2.96. The van der Waals surface area contributed by atoms with Crippen molar-refractivity contribution in [3.63, 3.8) is 0 Å². The highest BCUT2D eigenvalue weighted by atomic mass is 79.9. The number of aromatic nitrogens is 3. The average molecular weight is 345 g/mol. The quantitative estimate of drug-likeness (QED) is 0.791. The van der Waals surface area contributed by atoms with Gasteiger partial charge in [-0.1, -0.05) is 0 Å². The predicted octanol–water partition coefficient (Wildman–Crippen LogP) is 3.29. The lowest BCUT2D eigenvalue weighted by Gasteiger charge is -2.10. The molecule has 3 rings (SSSR count). The Morgan fingerprint density at radius 2 is 2.10 bits per heavy atom. The van der Waals surface area contributed by atoms with Crippen LogP contribution in [0.2, 0.25) is 0 Å². The van der Waals surface area contributed by atoms with Crippen LogP contribution in [-0.2, 0) is 0 Å². The highest BCUT2D eigenvalue weighted by molar-refractivity contribution is 9.10. The van der Waals surface area contributed by atoms with Gasteiger partial charge in [-0.25, -0.2) is 9.97 Å². The maximum absolute atomic E-state index is 5.75. The first kappa shape index (κ1) is 13.6. The van der Waals surface area contributed by atoms with Gasteiger partial charge in [0.2, 0.25) is 0 Å². The number of rotatable bonds is 3. The molecule has 21 heavy (non-hydrogen) atoms. The van der Waals surface area contributed by atoms with E-state index in [4.69, 9.17) is 10.5 Å². The van der Waals surface area contributed by atoms with Gasteiger partial charge >= 0.3 is 0 Å². The molecule has 6 heteroatoms. The second-order valence-electron chi connectivity index (χ2n) is 4.44. The molecule has 0 atom stereocenters. The van der Waals surface area contributed by atoms with Crippen molar-refractivity contribution in [1.82, 2.24) is 14.5 Å². The minimum absolute atomic E-state index is 0.483. The summed E-state index contributed by atoms with van der Waals surface area (Å²) in [6.45, 7) is 0. The summed E-state index contributed by atoms with van der Waals surface area (Å²) in [4.78, 5) is 8.24. The number of benzene rings is 1. The smallest absolute Gasteiger partial charge is 0.133 e. The van der Waals surface area contributed by atoms with Gasteiger partial charge in [0.25, 0.3) is 0 Å². The summed E-state index contributed by atoms with van der Waals surface area (Å²) in [6, 6.07) is 9.59. The fraction of sp³-hybridized carbons (Fsp3) is 0.0667. The second kappa shape index (κ2) is 5.57. The van der Waals surface area contributed by atoms with E-state index in [0.29, 0.717) is 5.82 Å². The first-order chi connectivity index (χ1) is 10.2. The minimum Gasteiger partial charge on any atom is -0.496 e. The highest BCUT2D eigenvalue weighted by Crippen LogP contribution is 2.29. The molecule has 0 fully saturated rings. The molecule has 2 aromatic heterocycles. The van der Waals surface area contributed by atoms with E-state index in [1.165, 1.54) is 0 Å². The molecule has 0 radical (unpaired) electrons. The summed E-state index contributed by atoms with van der Waals surface area (Å²) in [6.07, 6.45) is 5.25. The Morgan fingerprint density at radius 3 is 2.81 bits per heavy atom. The first-order valence-corrected chi connectivity index (χ1v) is 7.06. The van der Waals surface area contributed by atoms with E-state index < -0.39 is 0 Å². The molecule has 0 saturated carbocycles. The number of pyridine rings is 1. The second-order valence-corrected chi connectivity index (χ2v) is 5.29. The highest BCUT2D eigenvalue weighted by Gasteiger charge is 2.09. The molecular weight excluding hydrogens is 332 g/mol. The van der Waals surface area contributed by atoms with E-state index in [-0.39, 0.29) is 0 Å². The van der Waals surface area contributed by atoms with Crippen molar-refractivity contribution in [2.45, 2.75) is 0 Å². The van der Waals surface area contributed by atoms with Crippen LogP contribution in [0.15, 0.2) is 53.5 Å². The van der Waals surface area contributed by atoms with E-state index >= 15 is 0 Å². The van der Waals surface area contributed by atoms with Gasteiger partial charge in [-0.05, 0) is 46.3 Å². The van der Waals surface area contributed by atoms with Crippen molar-refractivity contribution >= 4 is 21.7 Å². The molecule has 0 amide bonds. The van der Waals surface area contributed by atoms with Crippen LogP contribution in [0.5, 0.6) is 5.75 Å². The van der Waals surface area contributed by atoms with Crippen LogP contribution in [0.25, 0.3) is 16.9 Å². The van der Waals surface area contributed by atoms with Gasteiger partial charge < -0.3 is 10.5 Å². The SMILES string of the molecule is COc1ccc(-n2cncc2-c2ccnc(N)c2)cc1Br. The molecule has 0 aliphatic heterocycles. The first-order valence-electron chi connectivity index (χ1n) is 6.27. The molecule has 0 saturated heterocycles. The van der Waals surface area contributed by atoms with Crippen molar-refractivity contribution < 1.29 is 4.74 Å². The van der Waals surface area contributed by atoms with Crippen LogP contribution in [0.1, 0.15) is 0 Å². The Bertz CT molecular complexity index is 785. The van der Waals surface area contributed by atoms with E-state index in [9.17, 15) is 0 Å². The molecule has 1 aromatic carbocycles. The van der Waals surface area contributed by atoms with Gasteiger partial charge in [0.05, 0.1) is 29.8 Å². The predicted molar refractivity (Wildman–Crippen MR) is 85.5 cm³/mol. The molecule has 0 unspecified atom stereocenters. The molecule has 0 spiro atoms. The minimum atomic E-state index is 0.483. The molecule has 5 nitrogen and oxygen atoms in total. The fourth-order valence-electron chi connectivity index (χ4n) is 2.13. The van der Waals surface area contributed by atoms with Crippen LogP contribution < -0.4 is 10.5 Å². The number of imidazole rings is 1. The summed E-state index contributed by atoms with van der Waals surface area (Å²) >= 11 is 3.50. The van der Waals surface area contributed by atoms with E-state index in [1.807, 2.05) is 34.9 Å².